The van der Waals surface area contributed by atoms with Gasteiger partial charge in [0.15, 0.2) is 5.78 Å². The van der Waals surface area contributed by atoms with Crippen molar-refractivity contribution in [3.63, 3.8) is 0 Å². The van der Waals surface area contributed by atoms with Gasteiger partial charge in [-0.25, -0.2) is 4.39 Å². The summed E-state index contributed by atoms with van der Waals surface area (Å²) in [5, 5.41) is -0.0141. The molecule has 1 aromatic carbocycles. The summed E-state index contributed by atoms with van der Waals surface area (Å²) < 4.78 is 12.9. The van der Waals surface area contributed by atoms with Crippen LogP contribution in [-0.2, 0) is 0 Å². The van der Waals surface area contributed by atoms with Gasteiger partial charge in [-0.2, -0.15) is 0 Å². The van der Waals surface area contributed by atoms with E-state index in [1.165, 1.54) is 18.2 Å². The highest BCUT2D eigenvalue weighted by Gasteiger charge is 2.23. The summed E-state index contributed by atoms with van der Waals surface area (Å²) in [5.41, 5.74) is 6.20. The second-order valence-electron chi connectivity index (χ2n) is 3.45. The number of hydrazine groups is 1. The Bertz CT molecular complexity index is 391. The van der Waals surface area contributed by atoms with Crippen molar-refractivity contribution in [1.82, 2.24) is 10.9 Å². The molecule has 1 aromatic rings. The van der Waals surface area contributed by atoms with Gasteiger partial charge in [-0.15, -0.1) is 0 Å². The van der Waals surface area contributed by atoms with Crippen LogP contribution in [0.1, 0.15) is 10.4 Å². The van der Waals surface area contributed by atoms with Gasteiger partial charge in [0.1, 0.15) is 5.82 Å². The van der Waals surface area contributed by atoms with E-state index >= 15 is 0 Å². The molecule has 1 saturated heterocycles. The lowest BCUT2D eigenvalue weighted by Gasteiger charge is -2.06. The number of hydrogen-bond donors (Lipinski definition) is 2. The Balaban J connectivity index is 2.21. The molecule has 2 rings (SSSR count). The maximum Gasteiger partial charge on any atom is 0.168 e. The van der Waals surface area contributed by atoms with Crippen molar-refractivity contribution in [1.29, 1.82) is 0 Å². The first-order valence-electron chi connectivity index (χ1n) is 4.63. The normalized spacial score (nSPS) is 16.9. The molecule has 0 unspecified atom stereocenters. The van der Waals surface area contributed by atoms with Crippen LogP contribution in [0.2, 0.25) is 5.02 Å². The third-order valence-corrected chi connectivity index (χ3v) is 2.69. The van der Waals surface area contributed by atoms with Crippen LogP contribution < -0.4 is 10.9 Å². The lowest BCUT2D eigenvalue weighted by atomic mass is 9.99. The molecule has 0 atom stereocenters. The average Bonchev–Trinajstić information content (AvgIpc) is 2.74. The average molecular weight is 229 g/mol. The smallest absolute Gasteiger partial charge is 0.168 e. The summed E-state index contributed by atoms with van der Waals surface area (Å²) in [6, 6.07) is 4.05. The van der Waals surface area contributed by atoms with Gasteiger partial charge in [0.25, 0.3) is 0 Å². The topological polar surface area (TPSA) is 41.1 Å². The van der Waals surface area contributed by atoms with Crippen LogP contribution in [0, 0.1) is 11.7 Å². The lowest BCUT2D eigenvalue weighted by Crippen LogP contribution is -2.21. The fourth-order valence-corrected chi connectivity index (χ4v) is 1.71. The maximum absolute atomic E-state index is 12.9. The Kier molecular flexibility index (Phi) is 3.00. The van der Waals surface area contributed by atoms with Crippen molar-refractivity contribution in [2.45, 2.75) is 0 Å². The highest BCUT2D eigenvalue weighted by atomic mass is 35.5. The number of rotatable bonds is 2. The van der Waals surface area contributed by atoms with Gasteiger partial charge in [0.05, 0.1) is 10.9 Å². The number of hydrogen-bond acceptors (Lipinski definition) is 3. The highest BCUT2D eigenvalue weighted by molar-refractivity contribution is 6.31. The Labute approximate surface area is 91.6 Å². The summed E-state index contributed by atoms with van der Waals surface area (Å²) in [7, 11) is 0. The molecular formula is C10H10ClFN2O. The summed E-state index contributed by atoms with van der Waals surface area (Å²) in [4.78, 5) is 11.8. The van der Waals surface area contributed by atoms with Gasteiger partial charge < -0.3 is 0 Å². The van der Waals surface area contributed by atoms with Gasteiger partial charge in [0, 0.05) is 18.7 Å². The van der Waals surface area contributed by atoms with E-state index < -0.39 is 5.82 Å². The number of halogens is 2. The predicted molar refractivity (Wildman–Crippen MR) is 55.2 cm³/mol. The molecule has 5 heteroatoms. The van der Waals surface area contributed by atoms with Gasteiger partial charge in [-0.3, -0.25) is 15.6 Å². The van der Waals surface area contributed by atoms with Crippen LogP contribution in [0.5, 0.6) is 0 Å². The van der Waals surface area contributed by atoms with Crippen molar-refractivity contribution in [2.75, 3.05) is 13.1 Å². The third-order valence-electron chi connectivity index (χ3n) is 2.40. The number of benzene rings is 1. The fraction of sp³-hybridized carbons (Fsp3) is 0.300. The number of carbonyl (C=O) groups is 1. The number of carbonyl (C=O) groups excluding carboxylic acids is 1. The molecule has 3 nitrogen and oxygen atoms in total. The maximum atomic E-state index is 12.9. The summed E-state index contributed by atoms with van der Waals surface area (Å²) >= 11 is 5.61. The highest BCUT2D eigenvalue weighted by Crippen LogP contribution is 2.18. The number of ketones is 1. The van der Waals surface area contributed by atoms with E-state index in [0.717, 1.165) is 0 Å². The standard InChI is InChI=1S/C10H10ClFN2O/c11-8-3-6(1-2-9(8)12)10(15)7-4-13-14-5-7/h1-3,7,13-14H,4-5H2. The minimum Gasteiger partial charge on any atom is -0.294 e. The molecule has 80 valence electrons. The summed E-state index contributed by atoms with van der Waals surface area (Å²) in [6.45, 7) is 1.18. The zero-order valence-electron chi connectivity index (χ0n) is 7.89. The molecule has 1 heterocycles. The van der Waals surface area contributed by atoms with Gasteiger partial charge in [-0.05, 0) is 18.2 Å². The minimum absolute atomic E-state index is 0.0141. The van der Waals surface area contributed by atoms with E-state index in [1.807, 2.05) is 0 Å². The molecule has 1 aliphatic rings. The van der Waals surface area contributed by atoms with Crippen molar-refractivity contribution in [2.24, 2.45) is 5.92 Å². The van der Waals surface area contributed by atoms with Crippen molar-refractivity contribution < 1.29 is 9.18 Å². The third kappa shape index (κ3) is 2.17. The van der Waals surface area contributed by atoms with Gasteiger partial charge in [0.2, 0.25) is 0 Å². The SMILES string of the molecule is O=C(c1ccc(F)c(Cl)c1)C1CNNC1. The largest absolute Gasteiger partial charge is 0.294 e. The second kappa shape index (κ2) is 4.26. The van der Waals surface area contributed by atoms with Crippen LogP contribution in [0.4, 0.5) is 4.39 Å². The summed E-state index contributed by atoms with van der Waals surface area (Å²) in [6.07, 6.45) is 0. The molecule has 0 aromatic heterocycles. The first-order valence-corrected chi connectivity index (χ1v) is 5.01. The van der Waals surface area contributed by atoms with Crippen LogP contribution >= 0.6 is 11.6 Å². The molecule has 2 N–H and O–H groups in total. The monoisotopic (exact) mass is 228 g/mol. The Morgan fingerprint density at radius 1 is 1.40 bits per heavy atom. The van der Waals surface area contributed by atoms with E-state index in [1.54, 1.807) is 0 Å². The Morgan fingerprint density at radius 3 is 2.67 bits per heavy atom. The molecule has 1 fully saturated rings. The molecule has 0 spiro atoms. The zero-order valence-corrected chi connectivity index (χ0v) is 8.64. The molecule has 15 heavy (non-hydrogen) atoms. The molecule has 0 bridgehead atoms. The first-order chi connectivity index (χ1) is 7.18. The van der Waals surface area contributed by atoms with Crippen molar-refractivity contribution >= 4 is 17.4 Å². The molecule has 0 radical (unpaired) electrons. The molecule has 1 aliphatic heterocycles. The van der Waals surface area contributed by atoms with Crippen LogP contribution in [-0.4, -0.2) is 18.9 Å². The predicted octanol–water partition coefficient (Wildman–Crippen LogP) is 1.39. The van der Waals surface area contributed by atoms with E-state index in [9.17, 15) is 9.18 Å². The van der Waals surface area contributed by atoms with Gasteiger partial charge >= 0.3 is 0 Å². The van der Waals surface area contributed by atoms with E-state index in [2.05, 4.69) is 10.9 Å². The summed E-state index contributed by atoms with van der Waals surface area (Å²) in [5.74, 6) is -0.628. The molecule has 0 saturated carbocycles. The number of nitrogens with one attached hydrogen (secondary N) is 2. The fourth-order valence-electron chi connectivity index (χ4n) is 1.53. The minimum atomic E-state index is -0.504. The Hall–Kier alpha value is -0.970. The van der Waals surface area contributed by atoms with E-state index in [0.29, 0.717) is 18.7 Å². The van der Waals surface area contributed by atoms with Gasteiger partial charge in [-0.1, -0.05) is 11.6 Å². The molecular weight excluding hydrogens is 219 g/mol. The first kappa shape index (κ1) is 10.5. The van der Waals surface area contributed by atoms with Crippen LogP contribution in [0.25, 0.3) is 0 Å². The van der Waals surface area contributed by atoms with Crippen LogP contribution in [0.3, 0.4) is 0 Å². The lowest BCUT2D eigenvalue weighted by molar-refractivity contribution is 0.0936. The van der Waals surface area contributed by atoms with Crippen molar-refractivity contribution in [3.8, 4) is 0 Å². The molecule has 0 amide bonds. The Morgan fingerprint density at radius 2 is 2.07 bits per heavy atom. The van der Waals surface area contributed by atoms with E-state index in [-0.39, 0.29) is 16.7 Å². The van der Waals surface area contributed by atoms with E-state index in [4.69, 9.17) is 11.6 Å². The molecule has 0 aliphatic carbocycles. The zero-order chi connectivity index (χ0) is 10.8. The van der Waals surface area contributed by atoms with Crippen molar-refractivity contribution in [3.05, 3.63) is 34.6 Å². The quantitative estimate of drug-likeness (QED) is 0.752. The number of Topliss-reactive ketones (excluding diaryl/α,β-unsaturated/α-hetero) is 1. The second-order valence-corrected chi connectivity index (χ2v) is 3.86. The van der Waals surface area contributed by atoms with Crippen LogP contribution in [0.15, 0.2) is 18.2 Å².